The zero-order valence-corrected chi connectivity index (χ0v) is 13.6. The number of carboxylic acid groups (broad SMARTS) is 1. The van der Waals surface area contributed by atoms with Crippen LogP contribution in [0.5, 0.6) is 0 Å². The number of carboxylic acids is 1. The molecule has 0 bridgehead atoms. The van der Waals surface area contributed by atoms with E-state index >= 15 is 0 Å². The molecule has 0 radical (unpaired) electrons. The number of aliphatic carboxylic acids is 1. The summed E-state index contributed by atoms with van der Waals surface area (Å²) in [5.74, 6) is -1.32. The number of carbonyl (C=O) groups excluding carboxylic acids is 1. The van der Waals surface area contributed by atoms with Crippen LogP contribution >= 0.6 is 11.6 Å². The molecule has 0 saturated carbocycles. The lowest BCUT2D eigenvalue weighted by Crippen LogP contribution is -2.49. The summed E-state index contributed by atoms with van der Waals surface area (Å²) in [7, 11) is 0. The Morgan fingerprint density at radius 2 is 1.96 bits per heavy atom. The van der Waals surface area contributed by atoms with Gasteiger partial charge in [0.05, 0.1) is 11.3 Å². The summed E-state index contributed by atoms with van der Waals surface area (Å²) in [6.07, 6.45) is 1.66. The minimum atomic E-state index is -0.834. The molecule has 0 unspecified atom stereocenters. The van der Waals surface area contributed by atoms with Crippen LogP contribution in [-0.2, 0) is 19.7 Å². The van der Waals surface area contributed by atoms with Crippen LogP contribution < -0.4 is 0 Å². The van der Waals surface area contributed by atoms with Crippen LogP contribution in [0.25, 0.3) is 0 Å². The molecular formula is C17H20ClNO4. The monoisotopic (exact) mass is 337 g/mol. The Hall–Kier alpha value is -1.59. The standard InChI is InChI=1S/C17H20ClNO4/c18-14-4-2-1-3-13(14)17(6-9-23-10-7-17)16(22)19-8-5-12(11-19)15(20)21/h1-4,12H,5-11H2,(H,20,21)/t12-/m1/s1. The van der Waals surface area contributed by atoms with Crippen LogP contribution in [0.4, 0.5) is 0 Å². The molecule has 124 valence electrons. The van der Waals surface area contributed by atoms with Crippen LogP contribution in [0.3, 0.4) is 0 Å². The summed E-state index contributed by atoms with van der Waals surface area (Å²) >= 11 is 6.37. The summed E-state index contributed by atoms with van der Waals surface area (Å²) in [6.45, 7) is 1.78. The summed E-state index contributed by atoms with van der Waals surface area (Å²) in [5.41, 5.74) is 0.123. The van der Waals surface area contributed by atoms with Gasteiger partial charge in [-0.25, -0.2) is 0 Å². The quantitative estimate of drug-likeness (QED) is 0.919. The molecule has 1 N–H and O–H groups in total. The molecule has 1 aromatic rings. The number of hydrogen-bond donors (Lipinski definition) is 1. The third kappa shape index (κ3) is 2.95. The highest BCUT2D eigenvalue weighted by Gasteiger charge is 2.47. The molecule has 1 atom stereocenters. The van der Waals surface area contributed by atoms with E-state index in [9.17, 15) is 9.59 Å². The number of amides is 1. The maximum atomic E-state index is 13.3. The Labute approximate surface area is 140 Å². The van der Waals surface area contributed by atoms with Crippen molar-refractivity contribution < 1.29 is 19.4 Å². The molecule has 0 aliphatic carbocycles. The number of rotatable bonds is 3. The number of benzene rings is 1. The molecule has 2 aliphatic rings. The highest BCUT2D eigenvalue weighted by Crippen LogP contribution is 2.41. The Bertz CT molecular complexity index is 612. The molecule has 0 aromatic heterocycles. The van der Waals surface area contributed by atoms with Gasteiger partial charge in [0.2, 0.25) is 5.91 Å². The first-order valence-corrected chi connectivity index (χ1v) is 8.27. The number of halogens is 1. The third-order valence-corrected chi connectivity index (χ3v) is 5.30. The van der Waals surface area contributed by atoms with Gasteiger partial charge >= 0.3 is 5.97 Å². The average molecular weight is 338 g/mol. The Balaban J connectivity index is 1.92. The zero-order valence-electron chi connectivity index (χ0n) is 12.8. The minimum absolute atomic E-state index is 0.0161. The van der Waals surface area contributed by atoms with Crippen molar-refractivity contribution in [2.24, 2.45) is 5.92 Å². The van der Waals surface area contributed by atoms with Crippen molar-refractivity contribution in [2.45, 2.75) is 24.7 Å². The van der Waals surface area contributed by atoms with Gasteiger partial charge in [0.1, 0.15) is 0 Å². The van der Waals surface area contributed by atoms with E-state index in [4.69, 9.17) is 21.4 Å². The molecule has 2 fully saturated rings. The first kappa shape index (κ1) is 16.3. The number of hydrogen-bond acceptors (Lipinski definition) is 3. The zero-order chi connectivity index (χ0) is 16.4. The molecule has 2 aliphatic heterocycles. The van der Waals surface area contributed by atoms with Gasteiger partial charge in [0, 0.05) is 31.3 Å². The maximum Gasteiger partial charge on any atom is 0.308 e. The van der Waals surface area contributed by atoms with Crippen molar-refractivity contribution in [3.63, 3.8) is 0 Å². The summed E-state index contributed by atoms with van der Waals surface area (Å²) < 4.78 is 5.45. The van der Waals surface area contributed by atoms with Crippen LogP contribution in [0.15, 0.2) is 24.3 Å². The van der Waals surface area contributed by atoms with Crippen LogP contribution in [0.1, 0.15) is 24.8 Å². The number of carbonyl (C=O) groups is 2. The van der Waals surface area contributed by atoms with E-state index in [1.54, 1.807) is 11.0 Å². The third-order valence-electron chi connectivity index (χ3n) is 4.97. The predicted molar refractivity (Wildman–Crippen MR) is 85.5 cm³/mol. The van der Waals surface area contributed by atoms with E-state index in [1.807, 2.05) is 18.2 Å². The number of ether oxygens (including phenoxy) is 1. The molecule has 2 saturated heterocycles. The van der Waals surface area contributed by atoms with Crippen molar-refractivity contribution in [2.75, 3.05) is 26.3 Å². The molecule has 1 aromatic carbocycles. The second-order valence-corrected chi connectivity index (χ2v) is 6.66. The average Bonchev–Trinajstić information content (AvgIpc) is 3.05. The number of nitrogens with zero attached hydrogens (tertiary/aromatic N) is 1. The van der Waals surface area contributed by atoms with Gasteiger partial charge in [-0.2, -0.15) is 0 Å². The molecule has 6 heteroatoms. The fraction of sp³-hybridized carbons (Fsp3) is 0.529. The van der Waals surface area contributed by atoms with E-state index in [0.29, 0.717) is 44.0 Å². The largest absolute Gasteiger partial charge is 0.481 e. The van der Waals surface area contributed by atoms with E-state index in [1.165, 1.54) is 0 Å². The fourth-order valence-corrected chi connectivity index (χ4v) is 3.93. The van der Waals surface area contributed by atoms with Crippen molar-refractivity contribution >= 4 is 23.5 Å². The van der Waals surface area contributed by atoms with Gasteiger partial charge in [-0.05, 0) is 30.9 Å². The highest BCUT2D eigenvalue weighted by atomic mass is 35.5. The Kier molecular flexibility index (Phi) is 4.60. The summed E-state index contributed by atoms with van der Waals surface area (Å²) in [6, 6.07) is 7.43. The van der Waals surface area contributed by atoms with Gasteiger partial charge in [0.15, 0.2) is 0 Å². The van der Waals surface area contributed by atoms with Crippen LogP contribution in [-0.4, -0.2) is 48.2 Å². The first-order valence-electron chi connectivity index (χ1n) is 7.89. The SMILES string of the molecule is O=C(O)[C@@H]1CCN(C(=O)C2(c3ccccc3Cl)CCOCC2)C1. The lowest BCUT2D eigenvalue weighted by molar-refractivity contribution is -0.143. The highest BCUT2D eigenvalue weighted by molar-refractivity contribution is 6.31. The van der Waals surface area contributed by atoms with E-state index in [2.05, 4.69) is 0 Å². The molecule has 0 spiro atoms. The molecular weight excluding hydrogens is 318 g/mol. The van der Waals surface area contributed by atoms with Crippen molar-refractivity contribution in [1.29, 1.82) is 0 Å². The van der Waals surface area contributed by atoms with Crippen LogP contribution in [0.2, 0.25) is 5.02 Å². The molecule has 1 amide bonds. The second-order valence-electron chi connectivity index (χ2n) is 6.25. The predicted octanol–water partition coefficient (Wildman–Crippen LogP) is 2.32. The van der Waals surface area contributed by atoms with Gasteiger partial charge in [0.25, 0.3) is 0 Å². The van der Waals surface area contributed by atoms with E-state index in [-0.39, 0.29) is 12.5 Å². The fourth-order valence-electron chi connectivity index (χ4n) is 3.62. The lowest BCUT2D eigenvalue weighted by atomic mass is 9.73. The van der Waals surface area contributed by atoms with Gasteiger partial charge < -0.3 is 14.7 Å². The second kappa shape index (κ2) is 6.49. The minimum Gasteiger partial charge on any atom is -0.481 e. The van der Waals surface area contributed by atoms with Crippen molar-refractivity contribution in [3.8, 4) is 0 Å². The Morgan fingerprint density at radius 1 is 1.26 bits per heavy atom. The molecule has 2 heterocycles. The van der Waals surface area contributed by atoms with Gasteiger partial charge in [-0.3, -0.25) is 9.59 Å². The first-order chi connectivity index (χ1) is 11.0. The normalized spacial score (nSPS) is 23.7. The van der Waals surface area contributed by atoms with Gasteiger partial charge in [-0.15, -0.1) is 0 Å². The Morgan fingerprint density at radius 3 is 2.57 bits per heavy atom. The summed E-state index contributed by atoms with van der Waals surface area (Å²) in [4.78, 5) is 26.1. The van der Waals surface area contributed by atoms with Crippen molar-refractivity contribution in [1.82, 2.24) is 4.90 Å². The van der Waals surface area contributed by atoms with Crippen LogP contribution in [0, 0.1) is 5.92 Å². The van der Waals surface area contributed by atoms with Gasteiger partial charge in [-0.1, -0.05) is 29.8 Å². The topological polar surface area (TPSA) is 66.8 Å². The number of likely N-dealkylation sites (tertiary alicyclic amines) is 1. The lowest BCUT2D eigenvalue weighted by Gasteiger charge is -2.39. The maximum absolute atomic E-state index is 13.3. The van der Waals surface area contributed by atoms with E-state index < -0.39 is 17.3 Å². The smallest absolute Gasteiger partial charge is 0.308 e. The molecule has 23 heavy (non-hydrogen) atoms. The van der Waals surface area contributed by atoms with Crippen molar-refractivity contribution in [3.05, 3.63) is 34.9 Å². The molecule has 3 rings (SSSR count). The van der Waals surface area contributed by atoms with E-state index in [0.717, 1.165) is 5.56 Å². The molecule has 5 nitrogen and oxygen atoms in total. The summed E-state index contributed by atoms with van der Waals surface area (Å²) in [5, 5.41) is 9.75.